The van der Waals surface area contributed by atoms with Gasteiger partial charge in [0.1, 0.15) is 11.9 Å². The molecule has 29 heavy (non-hydrogen) atoms. The van der Waals surface area contributed by atoms with Crippen LogP contribution in [-0.2, 0) is 22.7 Å². The van der Waals surface area contributed by atoms with E-state index in [1.807, 2.05) is 39.0 Å². The normalized spacial score (nSPS) is 14.1. The van der Waals surface area contributed by atoms with E-state index in [4.69, 9.17) is 11.6 Å². The number of rotatable bonds is 4. The summed E-state index contributed by atoms with van der Waals surface area (Å²) in [4.78, 5) is 26.1. The lowest BCUT2D eigenvalue weighted by Gasteiger charge is -2.28. The number of aromatic nitrogens is 2. The van der Waals surface area contributed by atoms with E-state index in [9.17, 15) is 9.59 Å². The van der Waals surface area contributed by atoms with Crippen LogP contribution in [0.25, 0.3) is 11.4 Å². The first kappa shape index (κ1) is 22.9. The Morgan fingerprint density at radius 1 is 1.38 bits per heavy atom. The lowest BCUT2D eigenvalue weighted by atomic mass is 9.86. The quantitative estimate of drug-likeness (QED) is 0.664. The van der Waals surface area contributed by atoms with Crippen molar-refractivity contribution in [3.63, 3.8) is 0 Å². The fourth-order valence-corrected chi connectivity index (χ4v) is 3.44. The van der Waals surface area contributed by atoms with Crippen molar-refractivity contribution in [3.05, 3.63) is 40.7 Å². The van der Waals surface area contributed by atoms with Crippen LogP contribution in [0.15, 0.2) is 24.3 Å². The number of carbonyl (C=O) groups excluding carboxylic acids is 2. The van der Waals surface area contributed by atoms with Gasteiger partial charge in [0.2, 0.25) is 12.3 Å². The van der Waals surface area contributed by atoms with Crippen LogP contribution in [-0.4, -0.2) is 41.5 Å². The Morgan fingerprint density at radius 2 is 2.10 bits per heavy atom. The average molecular weight is 420 g/mol. The number of nitrogens with zero attached hydrogens (tertiary/aromatic N) is 2. The molecule has 2 heterocycles. The summed E-state index contributed by atoms with van der Waals surface area (Å²) in [5.74, 6) is 0.858. The highest BCUT2D eigenvalue weighted by atomic mass is 35.5. The van der Waals surface area contributed by atoms with Gasteiger partial charge in [0, 0.05) is 37.3 Å². The third-order valence-electron chi connectivity index (χ3n) is 4.77. The van der Waals surface area contributed by atoms with Crippen LogP contribution in [0.2, 0.25) is 5.02 Å². The molecule has 0 fully saturated rings. The van der Waals surface area contributed by atoms with Crippen LogP contribution in [0.5, 0.6) is 0 Å². The zero-order valence-corrected chi connectivity index (χ0v) is 18.4. The van der Waals surface area contributed by atoms with Crippen LogP contribution < -0.4 is 16.0 Å². The van der Waals surface area contributed by atoms with E-state index in [0.717, 1.165) is 41.7 Å². The first-order valence-corrected chi connectivity index (χ1v) is 10.0. The summed E-state index contributed by atoms with van der Waals surface area (Å²) in [5.41, 5.74) is 3.22. The maximum absolute atomic E-state index is 11.2. The molecule has 1 aliphatic rings. The van der Waals surface area contributed by atoms with Gasteiger partial charge in [0.15, 0.2) is 0 Å². The molecule has 1 aromatic heterocycles. The second-order valence-electron chi connectivity index (χ2n) is 8.00. The second-order valence-corrected chi connectivity index (χ2v) is 8.44. The highest BCUT2D eigenvalue weighted by Gasteiger charge is 2.29. The smallest absolute Gasteiger partial charge is 0.242 e. The van der Waals surface area contributed by atoms with E-state index in [1.54, 1.807) is 7.05 Å². The summed E-state index contributed by atoms with van der Waals surface area (Å²) in [6.07, 6.45) is 0.547. The van der Waals surface area contributed by atoms with Crippen molar-refractivity contribution in [1.29, 1.82) is 0 Å². The molecule has 1 aromatic carbocycles. The molecule has 1 unspecified atom stereocenters. The minimum absolute atomic E-state index is 0.172. The Kier molecular flexibility index (Phi) is 7.81. The lowest BCUT2D eigenvalue weighted by Crippen LogP contribution is -2.50. The second kappa shape index (κ2) is 9.89. The molecule has 0 bridgehead atoms. The van der Waals surface area contributed by atoms with Gasteiger partial charge >= 0.3 is 0 Å². The average Bonchev–Trinajstić information content (AvgIpc) is 3.02. The molecule has 0 saturated heterocycles. The first-order valence-electron chi connectivity index (χ1n) is 9.63. The zero-order valence-electron chi connectivity index (χ0n) is 17.7. The number of imidazole rings is 1. The molecule has 1 aliphatic heterocycles. The van der Waals surface area contributed by atoms with E-state index in [2.05, 4.69) is 38.5 Å². The Hall–Kier alpha value is -2.38. The summed E-state index contributed by atoms with van der Waals surface area (Å²) < 4.78 is 2.29. The number of halogens is 1. The van der Waals surface area contributed by atoms with Gasteiger partial charge in [-0.2, -0.15) is 0 Å². The summed E-state index contributed by atoms with van der Waals surface area (Å²) in [5, 5.41) is 9.10. The molecule has 3 N–H and O–H groups in total. The van der Waals surface area contributed by atoms with Gasteiger partial charge < -0.3 is 20.5 Å². The Balaban J connectivity index is 0.000000223. The number of carbonyl (C=O) groups is 2. The van der Waals surface area contributed by atoms with E-state index >= 15 is 0 Å². The minimum atomic E-state index is -0.472. The maximum atomic E-state index is 11.2. The Labute approximate surface area is 177 Å². The number of benzene rings is 1. The highest BCUT2D eigenvalue weighted by molar-refractivity contribution is 6.30. The Bertz CT molecular complexity index is 857. The molecular formula is C21H30ClN5O2. The number of likely N-dealkylation sites (N-methyl/N-ethyl adjacent to an activating group) is 1. The van der Waals surface area contributed by atoms with E-state index < -0.39 is 6.04 Å². The van der Waals surface area contributed by atoms with Gasteiger partial charge in [-0.05, 0) is 24.5 Å². The number of nitrogens with one attached hydrogen (secondary N) is 3. The SMILES string of the molecule is CNC(=O)C(NC=O)C(C)(C)C.Cc1nc(-c2cccc(Cl)c2)n2c1CNCC2. The number of aryl methyl sites for hydroxylation is 1. The van der Waals surface area contributed by atoms with Crippen molar-refractivity contribution in [2.24, 2.45) is 5.41 Å². The molecule has 2 amide bonds. The molecule has 2 aromatic rings. The number of hydrogen-bond donors (Lipinski definition) is 3. The highest BCUT2D eigenvalue weighted by Crippen LogP contribution is 2.25. The van der Waals surface area contributed by atoms with Crippen molar-refractivity contribution >= 4 is 23.9 Å². The lowest BCUT2D eigenvalue weighted by molar-refractivity contribution is -0.127. The van der Waals surface area contributed by atoms with Crippen molar-refractivity contribution in [3.8, 4) is 11.4 Å². The van der Waals surface area contributed by atoms with Crippen molar-refractivity contribution in [1.82, 2.24) is 25.5 Å². The first-order chi connectivity index (χ1) is 13.7. The topological polar surface area (TPSA) is 88.1 Å². The molecule has 3 rings (SSSR count). The maximum Gasteiger partial charge on any atom is 0.242 e. The van der Waals surface area contributed by atoms with Gasteiger partial charge in [-0.1, -0.05) is 44.5 Å². The molecule has 158 valence electrons. The largest absolute Gasteiger partial charge is 0.357 e. The van der Waals surface area contributed by atoms with Crippen LogP contribution in [0.3, 0.4) is 0 Å². The molecule has 0 saturated carbocycles. The fraction of sp³-hybridized carbons (Fsp3) is 0.476. The van der Waals surface area contributed by atoms with Crippen molar-refractivity contribution in [2.45, 2.75) is 46.8 Å². The predicted molar refractivity (Wildman–Crippen MR) is 116 cm³/mol. The van der Waals surface area contributed by atoms with Crippen LogP contribution in [0.1, 0.15) is 32.2 Å². The molecule has 0 spiro atoms. The van der Waals surface area contributed by atoms with Crippen molar-refractivity contribution < 1.29 is 9.59 Å². The summed E-state index contributed by atoms with van der Waals surface area (Å²) in [7, 11) is 1.55. The van der Waals surface area contributed by atoms with E-state index in [1.165, 1.54) is 5.69 Å². The molecular weight excluding hydrogens is 390 g/mol. The van der Waals surface area contributed by atoms with Gasteiger partial charge in [-0.25, -0.2) is 4.98 Å². The van der Waals surface area contributed by atoms with Gasteiger partial charge in [0.25, 0.3) is 0 Å². The third kappa shape index (κ3) is 5.81. The van der Waals surface area contributed by atoms with E-state index in [-0.39, 0.29) is 11.3 Å². The predicted octanol–water partition coefficient (Wildman–Crippen LogP) is 2.51. The minimum Gasteiger partial charge on any atom is -0.357 e. The molecule has 0 aliphatic carbocycles. The molecule has 1 atom stereocenters. The molecule has 8 heteroatoms. The van der Waals surface area contributed by atoms with Crippen molar-refractivity contribution in [2.75, 3.05) is 13.6 Å². The van der Waals surface area contributed by atoms with Gasteiger partial charge in [-0.3, -0.25) is 9.59 Å². The summed E-state index contributed by atoms with van der Waals surface area (Å²) in [6.45, 7) is 10.6. The number of amides is 2. The fourth-order valence-electron chi connectivity index (χ4n) is 3.25. The van der Waals surface area contributed by atoms with E-state index in [0.29, 0.717) is 6.41 Å². The van der Waals surface area contributed by atoms with Gasteiger partial charge in [-0.15, -0.1) is 0 Å². The number of hydrogen-bond acceptors (Lipinski definition) is 4. The van der Waals surface area contributed by atoms with Crippen LogP contribution in [0.4, 0.5) is 0 Å². The monoisotopic (exact) mass is 419 g/mol. The van der Waals surface area contributed by atoms with Crippen LogP contribution >= 0.6 is 11.6 Å². The van der Waals surface area contributed by atoms with Crippen LogP contribution in [0, 0.1) is 12.3 Å². The summed E-state index contributed by atoms with van der Waals surface area (Å²) >= 11 is 6.04. The summed E-state index contributed by atoms with van der Waals surface area (Å²) in [6, 6.07) is 7.41. The standard InChI is InChI=1S/C13H14ClN3.C8H16N2O2/c1-9-12-8-15-5-6-17(12)13(16-9)10-3-2-4-11(14)7-10;1-8(2,3)6(10-5-11)7(12)9-4/h2-4,7,15H,5-6,8H2,1H3;5-6H,1-4H3,(H,9,12)(H,10,11). The zero-order chi connectivity index (χ0) is 21.6. The number of fused-ring (bicyclic) bond motifs is 1. The molecule has 7 nitrogen and oxygen atoms in total. The Morgan fingerprint density at radius 3 is 2.69 bits per heavy atom. The molecule has 0 radical (unpaired) electrons. The van der Waals surface area contributed by atoms with Gasteiger partial charge in [0.05, 0.1) is 11.4 Å². The third-order valence-corrected chi connectivity index (χ3v) is 5.00.